The molecule has 1 aromatic carbocycles. The third-order valence-electron chi connectivity index (χ3n) is 3.63. The molecule has 0 atom stereocenters. The van der Waals surface area contributed by atoms with Gasteiger partial charge in [-0.05, 0) is 31.9 Å². The van der Waals surface area contributed by atoms with Crippen LogP contribution in [0, 0.1) is 0 Å². The standard InChI is InChI=1S/C19H29N5S/c1-3-17-15-24-18(25-17)11-14-23-19(20-4-2)22-13-8-12-21-16-9-6-5-7-10-16/h5-7,9-10,15,21H,3-4,8,11-14H2,1-2H3,(H2,20,22,23). The molecule has 1 aromatic heterocycles. The Balaban J connectivity index is 1.66. The molecule has 3 N–H and O–H groups in total. The van der Waals surface area contributed by atoms with Crippen molar-refractivity contribution in [3.05, 3.63) is 46.4 Å². The molecular formula is C19H29N5S. The topological polar surface area (TPSA) is 61.3 Å². The summed E-state index contributed by atoms with van der Waals surface area (Å²) in [6, 6.07) is 10.3. The number of hydrogen-bond donors (Lipinski definition) is 3. The molecule has 136 valence electrons. The number of aliphatic imine (C=N–C) groups is 1. The van der Waals surface area contributed by atoms with E-state index in [9.17, 15) is 0 Å². The monoisotopic (exact) mass is 359 g/mol. The molecule has 2 aromatic rings. The highest BCUT2D eigenvalue weighted by molar-refractivity contribution is 7.11. The summed E-state index contributed by atoms with van der Waals surface area (Å²) >= 11 is 1.80. The number of aromatic nitrogens is 1. The SMILES string of the molecule is CCNC(=NCCCNc1ccccc1)NCCc1ncc(CC)s1. The lowest BCUT2D eigenvalue weighted by atomic mass is 10.3. The van der Waals surface area contributed by atoms with E-state index in [1.54, 1.807) is 11.3 Å². The average molecular weight is 360 g/mol. The summed E-state index contributed by atoms with van der Waals surface area (Å²) in [6.07, 6.45) is 4.98. The average Bonchev–Trinajstić information content (AvgIpc) is 3.10. The molecule has 0 unspecified atom stereocenters. The van der Waals surface area contributed by atoms with Gasteiger partial charge in [-0.3, -0.25) is 4.99 Å². The maximum absolute atomic E-state index is 4.63. The van der Waals surface area contributed by atoms with Gasteiger partial charge in [0.2, 0.25) is 0 Å². The van der Waals surface area contributed by atoms with Crippen LogP contribution in [0.3, 0.4) is 0 Å². The van der Waals surface area contributed by atoms with Crippen LogP contribution in [0.4, 0.5) is 5.69 Å². The van der Waals surface area contributed by atoms with Crippen LogP contribution >= 0.6 is 11.3 Å². The second kappa shape index (κ2) is 11.5. The summed E-state index contributed by atoms with van der Waals surface area (Å²) < 4.78 is 0. The van der Waals surface area contributed by atoms with Gasteiger partial charge in [0.05, 0.1) is 5.01 Å². The summed E-state index contributed by atoms with van der Waals surface area (Å²) in [7, 11) is 0. The maximum Gasteiger partial charge on any atom is 0.191 e. The first-order valence-electron chi connectivity index (χ1n) is 9.06. The number of anilines is 1. The van der Waals surface area contributed by atoms with Gasteiger partial charge in [0, 0.05) is 49.4 Å². The van der Waals surface area contributed by atoms with E-state index in [-0.39, 0.29) is 0 Å². The van der Waals surface area contributed by atoms with Crippen LogP contribution in [0.15, 0.2) is 41.5 Å². The predicted octanol–water partition coefficient (Wildman–Crippen LogP) is 3.31. The van der Waals surface area contributed by atoms with Crippen molar-refractivity contribution in [1.29, 1.82) is 0 Å². The predicted molar refractivity (Wildman–Crippen MR) is 109 cm³/mol. The third-order valence-corrected chi connectivity index (χ3v) is 4.83. The van der Waals surface area contributed by atoms with Crippen LogP contribution in [0.25, 0.3) is 0 Å². The molecule has 0 aliphatic carbocycles. The van der Waals surface area contributed by atoms with Gasteiger partial charge in [0.1, 0.15) is 0 Å². The molecule has 0 bridgehead atoms. The Bertz CT molecular complexity index is 624. The fourth-order valence-corrected chi connectivity index (χ4v) is 3.18. The second-order valence-corrected chi connectivity index (χ2v) is 6.86. The number of para-hydroxylation sites is 1. The van der Waals surface area contributed by atoms with E-state index in [1.807, 2.05) is 24.4 Å². The second-order valence-electron chi connectivity index (χ2n) is 5.66. The smallest absolute Gasteiger partial charge is 0.191 e. The van der Waals surface area contributed by atoms with E-state index in [2.05, 4.69) is 51.9 Å². The number of benzene rings is 1. The van der Waals surface area contributed by atoms with Crippen LogP contribution in [0.2, 0.25) is 0 Å². The van der Waals surface area contributed by atoms with Gasteiger partial charge in [-0.25, -0.2) is 4.98 Å². The summed E-state index contributed by atoms with van der Waals surface area (Å²) in [5.41, 5.74) is 1.16. The van der Waals surface area contributed by atoms with Gasteiger partial charge >= 0.3 is 0 Å². The van der Waals surface area contributed by atoms with Crippen LogP contribution in [0.1, 0.15) is 30.2 Å². The highest BCUT2D eigenvalue weighted by Gasteiger charge is 2.02. The first kappa shape index (κ1) is 19.2. The summed E-state index contributed by atoms with van der Waals surface area (Å²) in [5, 5.41) is 11.3. The van der Waals surface area contributed by atoms with E-state index in [4.69, 9.17) is 0 Å². The Kier molecular flexibility index (Phi) is 8.83. The molecule has 6 heteroatoms. The van der Waals surface area contributed by atoms with Gasteiger partial charge in [-0.1, -0.05) is 25.1 Å². The van der Waals surface area contributed by atoms with Crippen LogP contribution in [-0.4, -0.2) is 37.1 Å². The molecule has 0 saturated heterocycles. The quantitative estimate of drug-likeness (QED) is 0.346. The van der Waals surface area contributed by atoms with E-state index < -0.39 is 0 Å². The van der Waals surface area contributed by atoms with Crippen molar-refractivity contribution in [3.63, 3.8) is 0 Å². The van der Waals surface area contributed by atoms with Crippen molar-refractivity contribution in [1.82, 2.24) is 15.6 Å². The summed E-state index contributed by atoms with van der Waals surface area (Å²) in [6.45, 7) is 7.69. The third kappa shape index (κ3) is 7.56. The molecule has 0 aliphatic heterocycles. The molecule has 0 amide bonds. The van der Waals surface area contributed by atoms with Gasteiger partial charge in [-0.15, -0.1) is 11.3 Å². The molecule has 2 rings (SSSR count). The van der Waals surface area contributed by atoms with Gasteiger partial charge in [0.25, 0.3) is 0 Å². The zero-order valence-electron chi connectivity index (χ0n) is 15.2. The molecule has 5 nitrogen and oxygen atoms in total. The normalized spacial score (nSPS) is 11.4. The van der Waals surface area contributed by atoms with E-state index in [1.165, 1.54) is 9.88 Å². The van der Waals surface area contributed by atoms with Gasteiger partial charge in [0.15, 0.2) is 5.96 Å². The van der Waals surface area contributed by atoms with Gasteiger partial charge < -0.3 is 16.0 Å². The molecule has 0 saturated carbocycles. The summed E-state index contributed by atoms with van der Waals surface area (Å²) in [4.78, 5) is 10.4. The Morgan fingerprint density at radius 1 is 1.12 bits per heavy atom. The molecule has 1 heterocycles. The minimum atomic E-state index is 0.798. The Labute approximate surface area is 155 Å². The zero-order chi connectivity index (χ0) is 17.7. The highest BCUT2D eigenvalue weighted by atomic mass is 32.1. The molecule has 0 spiro atoms. The lowest BCUT2D eigenvalue weighted by molar-refractivity contribution is 0.785. The fourth-order valence-electron chi connectivity index (χ4n) is 2.32. The number of nitrogens with zero attached hydrogens (tertiary/aromatic N) is 2. The Morgan fingerprint density at radius 3 is 2.68 bits per heavy atom. The fraction of sp³-hybridized carbons (Fsp3) is 0.474. The first-order valence-corrected chi connectivity index (χ1v) is 9.88. The Morgan fingerprint density at radius 2 is 1.96 bits per heavy atom. The number of rotatable bonds is 10. The maximum atomic E-state index is 4.63. The molecular weight excluding hydrogens is 330 g/mol. The highest BCUT2D eigenvalue weighted by Crippen LogP contribution is 2.13. The van der Waals surface area contributed by atoms with Crippen molar-refractivity contribution < 1.29 is 0 Å². The number of aryl methyl sites for hydroxylation is 1. The summed E-state index contributed by atoms with van der Waals surface area (Å²) in [5.74, 6) is 0.884. The first-order chi connectivity index (χ1) is 12.3. The number of hydrogen-bond acceptors (Lipinski definition) is 4. The largest absolute Gasteiger partial charge is 0.385 e. The molecule has 0 radical (unpaired) electrons. The Hall–Kier alpha value is -2.08. The van der Waals surface area contributed by atoms with Crippen molar-refractivity contribution in [2.75, 3.05) is 31.5 Å². The number of thiazole rings is 1. The molecule has 0 aliphatic rings. The number of nitrogens with one attached hydrogen (secondary N) is 3. The molecule has 0 fully saturated rings. The van der Waals surface area contributed by atoms with Crippen molar-refractivity contribution in [2.45, 2.75) is 33.1 Å². The minimum Gasteiger partial charge on any atom is -0.385 e. The lowest BCUT2D eigenvalue weighted by Gasteiger charge is -2.11. The van der Waals surface area contributed by atoms with E-state index >= 15 is 0 Å². The number of guanidine groups is 1. The molecule has 25 heavy (non-hydrogen) atoms. The lowest BCUT2D eigenvalue weighted by Crippen LogP contribution is -2.38. The van der Waals surface area contributed by atoms with Crippen LogP contribution in [0.5, 0.6) is 0 Å². The zero-order valence-corrected chi connectivity index (χ0v) is 16.0. The van der Waals surface area contributed by atoms with Crippen LogP contribution < -0.4 is 16.0 Å². The van der Waals surface area contributed by atoms with Crippen LogP contribution in [-0.2, 0) is 12.8 Å². The van der Waals surface area contributed by atoms with E-state index in [0.717, 1.165) is 57.1 Å². The van der Waals surface area contributed by atoms with Gasteiger partial charge in [-0.2, -0.15) is 0 Å². The van der Waals surface area contributed by atoms with Crippen molar-refractivity contribution in [3.8, 4) is 0 Å². The van der Waals surface area contributed by atoms with E-state index in [0.29, 0.717) is 0 Å². The van der Waals surface area contributed by atoms with Crippen molar-refractivity contribution >= 4 is 23.0 Å². The van der Waals surface area contributed by atoms with Crippen molar-refractivity contribution in [2.24, 2.45) is 4.99 Å². The minimum absolute atomic E-state index is 0.798.